The van der Waals surface area contributed by atoms with Crippen molar-refractivity contribution in [3.63, 3.8) is 0 Å². The van der Waals surface area contributed by atoms with E-state index in [4.69, 9.17) is 19.2 Å². The van der Waals surface area contributed by atoms with E-state index in [9.17, 15) is 0 Å². The number of nitrogens with one attached hydrogen (secondary N) is 1. The van der Waals surface area contributed by atoms with Gasteiger partial charge in [-0.3, -0.25) is 9.56 Å². The first-order valence-electron chi connectivity index (χ1n) is 12.3. The molecule has 0 unspecified atom stereocenters. The minimum absolute atomic E-state index is 0.0903. The summed E-state index contributed by atoms with van der Waals surface area (Å²) in [5.74, 6) is 2.59. The molecule has 0 spiro atoms. The van der Waals surface area contributed by atoms with Crippen LogP contribution in [0.2, 0.25) is 0 Å². The van der Waals surface area contributed by atoms with E-state index in [0.29, 0.717) is 32.5 Å². The van der Waals surface area contributed by atoms with Gasteiger partial charge in [0.1, 0.15) is 29.2 Å². The van der Waals surface area contributed by atoms with Gasteiger partial charge in [-0.25, -0.2) is 0 Å². The number of hydrogen-bond acceptors (Lipinski definition) is 8. The van der Waals surface area contributed by atoms with Gasteiger partial charge in [0.05, 0.1) is 31.6 Å². The molecule has 35 heavy (non-hydrogen) atoms. The summed E-state index contributed by atoms with van der Waals surface area (Å²) in [6.07, 6.45) is 1.41. The zero-order valence-corrected chi connectivity index (χ0v) is 21.7. The number of thiophene rings is 1. The molecule has 2 aliphatic rings. The summed E-state index contributed by atoms with van der Waals surface area (Å²) in [5, 5.41) is 13.2. The second kappa shape index (κ2) is 10.6. The smallest absolute Gasteiger partial charge is 0.162 e. The summed E-state index contributed by atoms with van der Waals surface area (Å²) in [6, 6.07) is 8.08. The van der Waals surface area contributed by atoms with E-state index in [-0.39, 0.29) is 6.04 Å². The minimum atomic E-state index is -0.0903. The highest BCUT2D eigenvalue weighted by molar-refractivity contribution is 7.15. The van der Waals surface area contributed by atoms with Gasteiger partial charge in [0.15, 0.2) is 5.82 Å². The van der Waals surface area contributed by atoms with Gasteiger partial charge in [-0.1, -0.05) is 0 Å². The number of fused-ring (bicyclic) bond motifs is 3. The molecule has 0 aliphatic carbocycles. The summed E-state index contributed by atoms with van der Waals surface area (Å²) < 4.78 is 19.5. The lowest BCUT2D eigenvalue weighted by Gasteiger charge is -2.12. The molecule has 0 bridgehead atoms. The van der Waals surface area contributed by atoms with Gasteiger partial charge in [-0.05, 0) is 70.5 Å². The fourth-order valence-corrected chi connectivity index (χ4v) is 5.77. The number of rotatable bonds is 9. The van der Waals surface area contributed by atoms with E-state index in [2.05, 4.69) is 53.0 Å². The zero-order valence-electron chi connectivity index (χ0n) is 20.8. The fourth-order valence-electron chi connectivity index (χ4n) is 4.55. The molecule has 2 aromatic heterocycles. The van der Waals surface area contributed by atoms with Gasteiger partial charge in [-0.15, -0.1) is 21.5 Å². The Morgan fingerprint density at radius 2 is 1.86 bits per heavy atom. The number of aryl methyl sites for hydroxylation is 2. The van der Waals surface area contributed by atoms with Crippen LogP contribution >= 0.6 is 11.3 Å². The maximum Gasteiger partial charge on any atom is 0.162 e. The maximum absolute atomic E-state index is 5.89. The lowest BCUT2D eigenvalue weighted by atomic mass is 9.99. The van der Waals surface area contributed by atoms with E-state index in [0.717, 1.165) is 53.2 Å². The van der Waals surface area contributed by atoms with Crippen molar-refractivity contribution in [2.24, 2.45) is 4.99 Å². The molecule has 4 heterocycles. The average molecular weight is 496 g/mol. The monoisotopic (exact) mass is 495 g/mol. The molecule has 1 aromatic carbocycles. The van der Waals surface area contributed by atoms with Crippen LogP contribution in [-0.2, 0) is 9.47 Å². The van der Waals surface area contributed by atoms with Crippen LogP contribution < -0.4 is 10.1 Å². The van der Waals surface area contributed by atoms with E-state index in [1.807, 2.05) is 19.1 Å². The predicted molar refractivity (Wildman–Crippen MR) is 137 cm³/mol. The summed E-state index contributed by atoms with van der Waals surface area (Å²) in [6.45, 7) is 12.6. The Kier molecular flexibility index (Phi) is 7.29. The van der Waals surface area contributed by atoms with Crippen LogP contribution in [0.5, 0.6) is 5.75 Å². The van der Waals surface area contributed by atoms with Crippen molar-refractivity contribution in [3.05, 3.63) is 57.5 Å². The van der Waals surface area contributed by atoms with Gasteiger partial charge >= 0.3 is 0 Å². The summed E-state index contributed by atoms with van der Waals surface area (Å²) >= 11 is 1.77. The highest BCUT2D eigenvalue weighted by atomic mass is 32.1. The number of nitrogens with zero attached hydrogens (tertiary/aromatic N) is 4. The Labute approximate surface area is 210 Å². The topological polar surface area (TPSA) is 82.8 Å². The molecule has 1 N–H and O–H groups in total. The van der Waals surface area contributed by atoms with Gasteiger partial charge in [0, 0.05) is 22.5 Å². The Morgan fingerprint density at radius 3 is 2.63 bits per heavy atom. The number of hydrogen-bond donors (Lipinski definition) is 1. The summed E-state index contributed by atoms with van der Waals surface area (Å²) in [4.78, 5) is 6.38. The standard InChI is InChI=1S/C26H33N5O3S/c1-16-18(3)35-26-23(16)24(28-17(2)25-30-29-19(4)31(25)26)20-5-7-21(8-6-20)33-13-11-32-12-14-34-22-9-10-27-15-22/h5-8,17,22,27H,9-15H2,1-4H3/t17-,22+/m0/s1. The van der Waals surface area contributed by atoms with Crippen molar-refractivity contribution in [2.75, 3.05) is 39.5 Å². The Balaban J connectivity index is 1.23. The highest BCUT2D eigenvalue weighted by Gasteiger charge is 2.29. The molecule has 0 amide bonds. The van der Waals surface area contributed by atoms with Gasteiger partial charge in [-0.2, -0.15) is 0 Å². The molecule has 0 saturated carbocycles. The van der Waals surface area contributed by atoms with Gasteiger partial charge in [0.25, 0.3) is 0 Å². The number of aromatic nitrogens is 3. The normalized spacial score (nSPS) is 19.3. The third-order valence-electron chi connectivity index (χ3n) is 6.57. The Hall–Kier alpha value is -2.59. The molecule has 8 nitrogen and oxygen atoms in total. The lowest BCUT2D eigenvalue weighted by molar-refractivity contribution is 0.00675. The van der Waals surface area contributed by atoms with Crippen LogP contribution in [0.25, 0.3) is 5.00 Å². The van der Waals surface area contributed by atoms with E-state index < -0.39 is 0 Å². The van der Waals surface area contributed by atoms with Crippen molar-refractivity contribution in [1.82, 2.24) is 20.1 Å². The van der Waals surface area contributed by atoms with Crippen molar-refractivity contribution in [3.8, 4) is 10.8 Å². The fraction of sp³-hybridized carbons (Fsp3) is 0.500. The van der Waals surface area contributed by atoms with Crippen molar-refractivity contribution in [2.45, 2.75) is 46.3 Å². The summed E-state index contributed by atoms with van der Waals surface area (Å²) in [5.41, 5.74) is 4.48. The molecule has 1 fully saturated rings. The van der Waals surface area contributed by atoms with Crippen molar-refractivity contribution in [1.29, 1.82) is 0 Å². The first-order valence-corrected chi connectivity index (χ1v) is 13.1. The van der Waals surface area contributed by atoms with Gasteiger partial charge in [0.2, 0.25) is 0 Å². The quantitative estimate of drug-likeness (QED) is 0.453. The highest BCUT2D eigenvalue weighted by Crippen LogP contribution is 2.38. The maximum atomic E-state index is 5.89. The molecule has 2 aliphatic heterocycles. The van der Waals surface area contributed by atoms with Crippen LogP contribution in [0.4, 0.5) is 0 Å². The second-order valence-corrected chi connectivity index (χ2v) is 10.2. The lowest BCUT2D eigenvalue weighted by Crippen LogP contribution is -2.19. The molecule has 2 atom stereocenters. The SMILES string of the molecule is Cc1sc2c(c1C)C(c1ccc(OCCOCCO[C@@H]3CCNC3)cc1)=N[C@@H](C)c1nnc(C)n1-2. The third kappa shape index (κ3) is 5.04. The molecule has 1 saturated heterocycles. The van der Waals surface area contributed by atoms with Gasteiger partial charge < -0.3 is 19.5 Å². The average Bonchev–Trinajstić information content (AvgIpc) is 3.56. The van der Waals surface area contributed by atoms with Crippen molar-refractivity contribution >= 4 is 17.0 Å². The van der Waals surface area contributed by atoms with Crippen LogP contribution in [0, 0.1) is 20.8 Å². The van der Waals surface area contributed by atoms with Crippen molar-refractivity contribution < 1.29 is 14.2 Å². The molecule has 5 rings (SSSR count). The molecule has 186 valence electrons. The van der Waals surface area contributed by atoms with Crippen LogP contribution in [0.1, 0.15) is 52.6 Å². The Morgan fingerprint density at radius 1 is 1.06 bits per heavy atom. The van der Waals surface area contributed by atoms with Crippen LogP contribution in [0.3, 0.4) is 0 Å². The largest absolute Gasteiger partial charge is 0.491 e. The zero-order chi connectivity index (χ0) is 24.4. The first-order chi connectivity index (χ1) is 17.0. The minimum Gasteiger partial charge on any atom is -0.491 e. The molecule has 9 heteroatoms. The first kappa shape index (κ1) is 24.1. The number of ether oxygens (including phenoxy) is 3. The molecule has 3 aromatic rings. The molecular formula is C26H33N5O3S. The Bertz CT molecular complexity index is 1190. The molecular weight excluding hydrogens is 462 g/mol. The third-order valence-corrected chi connectivity index (χ3v) is 7.77. The van der Waals surface area contributed by atoms with Crippen LogP contribution in [-0.4, -0.2) is 66.1 Å². The van der Waals surface area contributed by atoms with E-state index in [1.165, 1.54) is 16.0 Å². The van der Waals surface area contributed by atoms with E-state index in [1.54, 1.807) is 11.3 Å². The number of benzene rings is 1. The van der Waals surface area contributed by atoms with E-state index >= 15 is 0 Å². The summed E-state index contributed by atoms with van der Waals surface area (Å²) in [7, 11) is 0. The number of aliphatic imine (C=N–C) groups is 1. The second-order valence-electron chi connectivity index (χ2n) is 9.03. The van der Waals surface area contributed by atoms with Crippen LogP contribution in [0.15, 0.2) is 29.3 Å². The predicted octanol–water partition coefficient (Wildman–Crippen LogP) is 3.94. The molecule has 0 radical (unpaired) electrons.